The van der Waals surface area contributed by atoms with Gasteiger partial charge in [0.05, 0.1) is 0 Å². The summed E-state index contributed by atoms with van der Waals surface area (Å²) in [6, 6.07) is 9.06. The van der Waals surface area contributed by atoms with E-state index in [1.54, 1.807) is 0 Å². The van der Waals surface area contributed by atoms with Gasteiger partial charge in [-0.25, -0.2) is 0 Å². The Morgan fingerprint density at radius 1 is 0.833 bits per heavy atom. The van der Waals surface area contributed by atoms with Crippen molar-refractivity contribution < 1.29 is 0 Å². The molecule has 1 saturated heterocycles. The number of rotatable bonds is 2. The Kier molecular flexibility index (Phi) is 3.29. The second-order valence-corrected chi connectivity index (χ2v) is 5.96. The van der Waals surface area contributed by atoms with Gasteiger partial charge in [-0.05, 0) is 49.8 Å². The molecule has 2 heteroatoms. The minimum absolute atomic E-state index is 0.0412. The van der Waals surface area contributed by atoms with E-state index in [1.165, 1.54) is 56.4 Å². The summed E-state index contributed by atoms with van der Waals surface area (Å²) in [5, 5.41) is 0. The first-order chi connectivity index (χ1) is 8.78. The predicted molar refractivity (Wildman–Crippen MR) is 76.8 cm³/mol. The van der Waals surface area contributed by atoms with Crippen molar-refractivity contribution in [1.29, 1.82) is 0 Å². The zero-order valence-corrected chi connectivity index (χ0v) is 11.2. The van der Waals surface area contributed by atoms with Crippen molar-refractivity contribution in [2.75, 3.05) is 18.0 Å². The zero-order chi connectivity index (χ0) is 12.4. The molecule has 1 aliphatic heterocycles. The Morgan fingerprint density at radius 3 is 2.06 bits per heavy atom. The Bertz CT molecular complexity index is 384. The van der Waals surface area contributed by atoms with Gasteiger partial charge in [-0.15, -0.1) is 0 Å². The first kappa shape index (κ1) is 12.0. The number of hydrogen-bond acceptors (Lipinski definition) is 2. The number of anilines is 1. The highest BCUT2D eigenvalue weighted by Crippen LogP contribution is 2.36. The summed E-state index contributed by atoms with van der Waals surface area (Å²) in [4.78, 5) is 2.51. The van der Waals surface area contributed by atoms with Crippen LogP contribution in [0.3, 0.4) is 0 Å². The molecule has 1 aromatic carbocycles. The molecule has 18 heavy (non-hydrogen) atoms. The second-order valence-electron chi connectivity index (χ2n) is 5.96. The molecule has 0 atom stereocenters. The van der Waals surface area contributed by atoms with Crippen LogP contribution in [0.5, 0.6) is 0 Å². The van der Waals surface area contributed by atoms with E-state index in [0.29, 0.717) is 0 Å². The monoisotopic (exact) mass is 244 g/mol. The molecule has 0 aromatic heterocycles. The summed E-state index contributed by atoms with van der Waals surface area (Å²) in [5.74, 6) is 0. The predicted octanol–water partition coefficient (Wildman–Crippen LogP) is 3.40. The normalized spacial score (nSPS) is 23.3. The number of hydrogen-bond donors (Lipinski definition) is 1. The van der Waals surface area contributed by atoms with Gasteiger partial charge in [-0.1, -0.05) is 25.0 Å². The van der Waals surface area contributed by atoms with Crippen LogP contribution in [0.4, 0.5) is 5.69 Å². The average molecular weight is 244 g/mol. The highest BCUT2D eigenvalue weighted by atomic mass is 15.1. The molecule has 98 valence electrons. The lowest BCUT2D eigenvalue weighted by Gasteiger charge is -2.30. The minimum atomic E-state index is -0.0412. The molecular weight excluding hydrogens is 220 g/mol. The fraction of sp³-hybridized carbons (Fsp3) is 0.625. The average Bonchev–Trinajstić information content (AvgIpc) is 2.88. The van der Waals surface area contributed by atoms with Crippen molar-refractivity contribution in [3.63, 3.8) is 0 Å². The van der Waals surface area contributed by atoms with Gasteiger partial charge >= 0.3 is 0 Å². The van der Waals surface area contributed by atoms with Gasteiger partial charge < -0.3 is 10.6 Å². The summed E-state index contributed by atoms with van der Waals surface area (Å²) in [6.07, 6.45) is 8.92. The van der Waals surface area contributed by atoms with E-state index in [0.717, 1.165) is 12.8 Å². The van der Waals surface area contributed by atoms with Crippen LogP contribution in [-0.4, -0.2) is 13.1 Å². The smallest absolute Gasteiger partial charge is 0.0409 e. The molecule has 2 N–H and O–H groups in total. The van der Waals surface area contributed by atoms with Crippen molar-refractivity contribution in [1.82, 2.24) is 0 Å². The first-order valence-corrected chi connectivity index (χ1v) is 7.42. The lowest BCUT2D eigenvalue weighted by molar-refractivity contribution is 0.461. The third-order valence-electron chi connectivity index (χ3n) is 4.66. The number of benzene rings is 1. The van der Waals surface area contributed by atoms with Crippen LogP contribution in [-0.2, 0) is 5.54 Å². The van der Waals surface area contributed by atoms with Crippen LogP contribution >= 0.6 is 0 Å². The number of piperidine rings is 1. The molecule has 0 radical (unpaired) electrons. The van der Waals surface area contributed by atoms with Crippen LogP contribution < -0.4 is 10.6 Å². The van der Waals surface area contributed by atoms with Crippen LogP contribution in [0.2, 0.25) is 0 Å². The van der Waals surface area contributed by atoms with Gasteiger partial charge in [0.1, 0.15) is 0 Å². The van der Waals surface area contributed by atoms with Gasteiger partial charge in [0.15, 0.2) is 0 Å². The van der Waals surface area contributed by atoms with E-state index >= 15 is 0 Å². The van der Waals surface area contributed by atoms with E-state index in [9.17, 15) is 0 Å². The minimum Gasteiger partial charge on any atom is -0.372 e. The highest BCUT2D eigenvalue weighted by molar-refractivity contribution is 5.49. The van der Waals surface area contributed by atoms with Gasteiger partial charge in [-0.2, -0.15) is 0 Å². The van der Waals surface area contributed by atoms with Crippen molar-refractivity contribution in [3.8, 4) is 0 Å². The molecule has 1 heterocycles. The lowest BCUT2D eigenvalue weighted by atomic mass is 9.89. The Balaban J connectivity index is 1.76. The Morgan fingerprint density at radius 2 is 1.44 bits per heavy atom. The molecule has 0 spiro atoms. The van der Waals surface area contributed by atoms with Crippen molar-refractivity contribution in [3.05, 3.63) is 29.8 Å². The summed E-state index contributed by atoms with van der Waals surface area (Å²) in [6.45, 7) is 2.43. The van der Waals surface area contributed by atoms with Crippen molar-refractivity contribution in [2.45, 2.75) is 50.5 Å². The molecule has 1 saturated carbocycles. The molecule has 2 fully saturated rings. The Labute approximate surface area is 110 Å². The van der Waals surface area contributed by atoms with Crippen LogP contribution in [0.15, 0.2) is 24.3 Å². The largest absolute Gasteiger partial charge is 0.372 e. The number of nitrogens with zero attached hydrogens (tertiary/aromatic N) is 1. The molecule has 0 unspecified atom stereocenters. The summed E-state index contributed by atoms with van der Waals surface area (Å²) in [7, 11) is 0. The van der Waals surface area contributed by atoms with Gasteiger partial charge in [-0.3, -0.25) is 0 Å². The summed E-state index contributed by atoms with van der Waals surface area (Å²) < 4.78 is 0. The molecule has 3 rings (SSSR count). The maximum Gasteiger partial charge on any atom is 0.0409 e. The second kappa shape index (κ2) is 4.93. The highest BCUT2D eigenvalue weighted by Gasteiger charge is 2.31. The number of nitrogens with two attached hydrogens (primary N) is 1. The zero-order valence-electron chi connectivity index (χ0n) is 11.2. The van der Waals surface area contributed by atoms with E-state index < -0.39 is 0 Å². The molecule has 0 amide bonds. The fourth-order valence-corrected chi connectivity index (χ4v) is 3.45. The van der Waals surface area contributed by atoms with Crippen LogP contribution in [0.25, 0.3) is 0 Å². The van der Waals surface area contributed by atoms with E-state index in [1.807, 2.05) is 0 Å². The third kappa shape index (κ3) is 2.26. The van der Waals surface area contributed by atoms with E-state index in [4.69, 9.17) is 5.73 Å². The van der Waals surface area contributed by atoms with Crippen LogP contribution in [0, 0.1) is 0 Å². The van der Waals surface area contributed by atoms with E-state index in [-0.39, 0.29) is 5.54 Å². The Hall–Kier alpha value is -1.02. The fourth-order valence-electron chi connectivity index (χ4n) is 3.45. The molecular formula is C16H24N2. The standard InChI is InChI=1S/C16H24N2/c17-16(10-2-3-11-16)14-6-8-15(9-7-14)18-12-4-1-5-13-18/h6-9H,1-5,10-13,17H2. The van der Waals surface area contributed by atoms with Crippen molar-refractivity contribution >= 4 is 5.69 Å². The summed E-state index contributed by atoms with van der Waals surface area (Å²) in [5.41, 5.74) is 9.16. The molecule has 2 nitrogen and oxygen atoms in total. The SMILES string of the molecule is NC1(c2ccc(N3CCCCC3)cc2)CCCC1. The molecule has 1 aliphatic carbocycles. The molecule has 0 bridgehead atoms. The van der Waals surface area contributed by atoms with E-state index in [2.05, 4.69) is 29.2 Å². The first-order valence-electron chi connectivity index (χ1n) is 7.42. The molecule has 1 aromatic rings. The third-order valence-corrected chi connectivity index (χ3v) is 4.66. The maximum absolute atomic E-state index is 6.50. The van der Waals surface area contributed by atoms with Crippen LogP contribution in [0.1, 0.15) is 50.5 Å². The van der Waals surface area contributed by atoms with Gasteiger partial charge in [0.2, 0.25) is 0 Å². The topological polar surface area (TPSA) is 29.3 Å². The maximum atomic E-state index is 6.50. The quantitative estimate of drug-likeness (QED) is 0.864. The summed E-state index contributed by atoms with van der Waals surface area (Å²) >= 11 is 0. The molecule has 2 aliphatic rings. The van der Waals surface area contributed by atoms with Gasteiger partial charge in [0, 0.05) is 24.3 Å². The van der Waals surface area contributed by atoms with Gasteiger partial charge in [0.25, 0.3) is 0 Å². The lowest BCUT2D eigenvalue weighted by Crippen LogP contribution is -2.33. The van der Waals surface area contributed by atoms with Crippen molar-refractivity contribution in [2.24, 2.45) is 5.73 Å².